The van der Waals surface area contributed by atoms with Gasteiger partial charge >= 0.3 is 0 Å². The quantitative estimate of drug-likeness (QED) is 0.220. The molecule has 0 atom stereocenters. The molecule has 5 aromatic carbocycles. The number of para-hydroxylation sites is 8. The first-order chi connectivity index (χ1) is 21.8. The Hall–Kier alpha value is -6.28. The van der Waals surface area contributed by atoms with Gasteiger partial charge < -0.3 is 0 Å². The van der Waals surface area contributed by atoms with E-state index in [9.17, 15) is 0 Å². The van der Waals surface area contributed by atoms with Gasteiger partial charge in [-0.25, -0.2) is 19.5 Å². The van der Waals surface area contributed by atoms with Gasteiger partial charge in [0.2, 0.25) is 17.5 Å². The first kappa shape index (κ1) is 23.3. The van der Waals surface area contributed by atoms with Crippen molar-refractivity contribution in [3.05, 3.63) is 133 Å². The van der Waals surface area contributed by atoms with Crippen LogP contribution in [0.25, 0.3) is 78.7 Å². The molecule has 10 rings (SSSR count). The number of imidazole rings is 4. The van der Waals surface area contributed by atoms with Crippen LogP contribution in [0.4, 0.5) is 0 Å². The maximum atomic E-state index is 5.29. The van der Waals surface area contributed by atoms with Crippen LogP contribution in [0.5, 0.6) is 0 Å². The molecule has 0 spiro atoms. The highest BCUT2D eigenvalue weighted by Gasteiger charge is 2.22. The molecule has 0 bridgehead atoms. The largest absolute Gasteiger partial charge is 0.276 e. The van der Waals surface area contributed by atoms with E-state index in [1.54, 1.807) is 0 Å². The zero-order valence-corrected chi connectivity index (χ0v) is 23.3. The number of hydrogen-bond acceptors (Lipinski definition) is 4. The van der Waals surface area contributed by atoms with Crippen molar-refractivity contribution in [2.45, 2.75) is 0 Å². The lowest BCUT2D eigenvalue weighted by Crippen LogP contribution is -2.08. The van der Waals surface area contributed by atoms with E-state index in [1.165, 1.54) is 0 Å². The minimum absolute atomic E-state index is 0.537. The van der Waals surface area contributed by atoms with Crippen molar-refractivity contribution >= 4 is 55.7 Å². The lowest BCUT2D eigenvalue weighted by Gasteiger charge is -2.11. The van der Waals surface area contributed by atoms with Crippen LogP contribution in [-0.2, 0) is 0 Å². The van der Waals surface area contributed by atoms with Crippen LogP contribution in [0, 0.1) is 0 Å². The molecule has 0 radical (unpaired) electrons. The van der Waals surface area contributed by atoms with Gasteiger partial charge in [0.05, 0.1) is 49.8 Å². The molecule has 8 nitrogen and oxygen atoms in total. The van der Waals surface area contributed by atoms with Gasteiger partial charge in [0, 0.05) is 11.6 Å². The minimum Gasteiger partial charge on any atom is -0.276 e. The monoisotopic (exact) mass is 566 g/mol. The van der Waals surface area contributed by atoms with E-state index >= 15 is 0 Å². The highest BCUT2D eigenvalue weighted by atomic mass is 15.3. The normalized spacial score (nSPS) is 12.1. The van der Waals surface area contributed by atoms with Gasteiger partial charge in [-0.2, -0.15) is 4.98 Å². The summed E-state index contributed by atoms with van der Waals surface area (Å²) < 4.78 is 8.60. The fourth-order valence-electron chi connectivity index (χ4n) is 6.52. The third-order valence-corrected chi connectivity index (χ3v) is 8.41. The summed E-state index contributed by atoms with van der Waals surface area (Å²) in [5.74, 6) is 2.82. The third kappa shape index (κ3) is 3.11. The molecule has 0 aliphatic carbocycles. The summed E-state index contributed by atoms with van der Waals surface area (Å²) >= 11 is 0. The van der Waals surface area contributed by atoms with Gasteiger partial charge in [-0.3, -0.25) is 13.4 Å². The van der Waals surface area contributed by atoms with Crippen molar-refractivity contribution < 1.29 is 0 Å². The molecule has 8 heteroatoms. The van der Waals surface area contributed by atoms with Crippen molar-refractivity contribution in [1.82, 2.24) is 37.9 Å². The molecule has 44 heavy (non-hydrogen) atoms. The van der Waals surface area contributed by atoms with Crippen LogP contribution in [0.15, 0.2) is 133 Å². The Balaban J connectivity index is 1.35. The van der Waals surface area contributed by atoms with Gasteiger partial charge in [0.15, 0.2) is 0 Å². The van der Waals surface area contributed by atoms with Gasteiger partial charge in [-0.05, 0) is 48.5 Å². The van der Waals surface area contributed by atoms with Crippen molar-refractivity contribution in [2.75, 3.05) is 0 Å². The Morgan fingerprint density at radius 3 is 1.48 bits per heavy atom. The summed E-state index contributed by atoms with van der Waals surface area (Å²) in [4.78, 5) is 20.6. The summed E-state index contributed by atoms with van der Waals surface area (Å²) in [5, 5.41) is 0. The highest BCUT2D eigenvalue weighted by molar-refractivity contribution is 5.93. The molecule has 0 aliphatic heterocycles. The average Bonchev–Trinajstić information content (AvgIpc) is 3.81. The molecule has 206 valence electrons. The molecule has 5 aromatic heterocycles. The maximum Gasteiger partial charge on any atom is 0.239 e. The van der Waals surface area contributed by atoms with Crippen LogP contribution >= 0.6 is 0 Å². The molecule has 0 saturated heterocycles. The Bertz CT molecular complexity index is 2560. The van der Waals surface area contributed by atoms with Crippen LogP contribution in [0.1, 0.15) is 0 Å². The van der Waals surface area contributed by atoms with Gasteiger partial charge in [-0.15, -0.1) is 0 Å². The molecular formula is C36H22N8. The Morgan fingerprint density at radius 2 is 0.864 bits per heavy atom. The predicted octanol–water partition coefficient (Wildman–Crippen LogP) is 7.63. The number of hydrogen-bond donors (Lipinski definition) is 0. The zero-order chi connectivity index (χ0) is 28.8. The topological polar surface area (TPSA) is 70.2 Å². The van der Waals surface area contributed by atoms with Crippen LogP contribution < -0.4 is 0 Å². The van der Waals surface area contributed by atoms with Crippen LogP contribution in [-0.4, -0.2) is 37.9 Å². The number of fused-ring (bicyclic) bond motifs is 10. The molecule has 0 N–H and O–H groups in total. The van der Waals surface area contributed by atoms with Crippen LogP contribution in [0.3, 0.4) is 0 Å². The number of rotatable bonds is 3. The number of aromatic nitrogens is 8. The first-order valence-electron chi connectivity index (χ1n) is 14.5. The fraction of sp³-hybridized carbons (Fsp3) is 0. The molecule has 0 amide bonds. The molecule has 10 aromatic rings. The van der Waals surface area contributed by atoms with Crippen molar-refractivity contribution in [1.29, 1.82) is 0 Å². The third-order valence-electron chi connectivity index (χ3n) is 8.41. The average molecular weight is 567 g/mol. The second-order valence-electron chi connectivity index (χ2n) is 10.9. The molecule has 0 fully saturated rings. The number of benzene rings is 5. The molecule has 0 unspecified atom stereocenters. The van der Waals surface area contributed by atoms with Gasteiger partial charge in [-0.1, -0.05) is 78.9 Å². The minimum atomic E-state index is 0.537. The predicted molar refractivity (Wildman–Crippen MR) is 174 cm³/mol. The lowest BCUT2D eigenvalue weighted by atomic mass is 10.1. The van der Waals surface area contributed by atoms with E-state index in [4.69, 9.17) is 19.9 Å². The van der Waals surface area contributed by atoms with E-state index in [0.29, 0.717) is 5.95 Å². The van der Waals surface area contributed by atoms with E-state index in [0.717, 1.165) is 72.8 Å². The second-order valence-corrected chi connectivity index (χ2v) is 10.9. The smallest absolute Gasteiger partial charge is 0.239 e. The summed E-state index contributed by atoms with van der Waals surface area (Å²) in [6, 6.07) is 45.4. The molecule has 0 aliphatic rings. The van der Waals surface area contributed by atoms with Crippen molar-refractivity contribution in [2.24, 2.45) is 0 Å². The molecule has 0 saturated carbocycles. The van der Waals surface area contributed by atoms with Gasteiger partial charge in [0.1, 0.15) is 5.82 Å². The van der Waals surface area contributed by atoms with Crippen LogP contribution in [0.2, 0.25) is 0 Å². The summed E-state index contributed by atoms with van der Waals surface area (Å²) in [5.41, 5.74) is 9.85. The Kier molecular flexibility index (Phi) is 4.57. The first-order valence-corrected chi connectivity index (χ1v) is 14.5. The highest BCUT2D eigenvalue weighted by Crippen LogP contribution is 2.32. The van der Waals surface area contributed by atoms with E-state index in [-0.39, 0.29) is 0 Å². The summed E-state index contributed by atoms with van der Waals surface area (Å²) in [6.45, 7) is 0. The SMILES string of the molecule is c1ccc(-c2cc(-n3c4ccccc4n4c5ccccc5nc34)nc(-n3c4ccccc4n4c5ccccc5nc34)n2)cc1. The van der Waals surface area contributed by atoms with E-state index in [2.05, 4.69) is 96.8 Å². The molecule has 5 heterocycles. The number of nitrogens with zero attached hydrogens (tertiary/aromatic N) is 8. The second kappa shape index (κ2) is 8.62. The van der Waals surface area contributed by atoms with Crippen molar-refractivity contribution in [3.8, 4) is 23.0 Å². The molecular weight excluding hydrogens is 544 g/mol. The van der Waals surface area contributed by atoms with E-state index in [1.807, 2.05) is 54.6 Å². The summed E-state index contributed by atoms with van der Waals surface area (Å²) in [7, 11) is 0. The maximum absolute atomic E-state index is 5.29. The van der Waals surface area contributed by atoms with Gasteiger partial charge in [0.25, 0.3) is 0 Å². The lowest BCUT2D eigenvalue weighted by molar-refractivity contribution is 0.930. The van der Waals surface area contributed by atoms with E-state index < -0.39 is 0 Å². The Labute approximate surface area is 249 Å². The fourth-order valence-corrected chi connectivity index (χ4v) is 6.52. The zero-order valence-electron chi connectivity index (χ0n) is 23.3. The summed E-state index contributed by atoms with van der Waals surface area (Å²) in [6.07, 6.45) is 0. The Morgan fingerprint density at radius 1 is 0.386 bits per heavy atom. The standard InChI is InChI=1S/C36H22N8/c1-2-12-23(13-3-1)26-22-33(43-31-20-10-8-18-29(31)41-27-16-6-4-14-24(27)38-35(41)43)40-34(37-26)44-32-21-11-9-19-30(32)42-28-17-7-5-15-25(28)39-36(42)44/h1-22H. The van der Waals surface area contributed by atoms with Crippen molar-refractivity contribution in [3.63, 3.8) is 0 Å².